The molecule has 0 unspecified atom stereocenters. The Kier molecular flexibility index (Phi) is 8.16. The number of allylic oxidation sites excluding steroid dienone is 3. The second-order valence-corrected chi connectivity index (χ2v) is 2.74. The number of benzene rings is 1. The first kappa shape index (κ1) is 13.5. The molecule has 1 aromatic rings. The minimum absolute atomic E-state index is 1.12. The molecule has 0 spiro atoms. The summed E-state index contributed by atoms with van der Waals surface area (Å²) in [6.07, 6.45) is 6.12. The predicted octanol–water partition coefficient (Wildman–Crippen LogP) is 4.60. The van der Waals surface area contributed by atoms with Crippen molar-refractivity contribution in [1.82, 2.24) is 0 Å². The average molecular weight is 203 g/mol. The highest BCUT2D eigenvalue weighted by Crippen LogP contribution is 2.09. The van der Waals surface area contributed by atoms with Crippen LogP contribution in [-0.2, 0) is 0 Å². The molecule has 0 saturated heterocycles. The summed E-state index contributed by atoms with van der Waals surface area (Å²) in [4.78, 5) is 0. The molecule has 0 aliphatic rings. The summed E-state index contributed by atoms with van der Waals surface area (Å²) >= 11 is 0. The van der Waals surface area contributed by atoms with E-state index in [1.165, 1.54) is 0 Å². The zero-order valence-electron chi connectivity index (χ0n) is 10.1. The molecule has 1 rings (SSSR count). The number of hydrogen-bond acceptors (Lipinski definition) is 1. The van der Waals surface area contributed by atoms with E-state index in [-0.39, 0.29) is 0 Å². The van der Waals surface area contributed by atoms with Gasteiger partial charge in [-0.1, -0.05) is 44.2 Å². The Morgan fingerprint density at radius 2 is 1.67 bits per heavy atom. The Bertz CT molecular complexity index is 296. The molecule has 0 amide bonds. The number of rotatable bonds is 3. The number of hydrogen-bond donors (Lipinski definition) is 1. The molecule has 0 aromatic heterocycles. The molecule has 0 saturated carbocycles. The number of para-hydroxylation sites is 1. The van der Waals surface area contributed by atoms with E-state index in [0.29, 0.717) is 0 Å². The molecule has 1 aromatic carbocycles. The molecule has 0 heterocycles. The van der Waals surface area contributed by atoms with E-state index in [4.69, 9.17) is 0 Å². The van der Waals surface area contributed by atoms with Crippen molar-refractivity contribution >= 4 is 5.69 Å². The van der Waals surface area contributed by atoms with Crippen molar-refractivity contribution in [3.8, 4) is 0 Å². The van der Waals surface area contributed by atoms with Crippen LogP contribution in [-0.4, -0.2) is 0 Å². The summed E-state index contributed by atoms with van der Waals surface area (Å²) in [7, 11) is 0. The third-order valence-corrected chi connectivity index (χ3v) is 1.72. The van der Waals surface area contributed by atoms with Gasteiger partial charge in [0.2, 0.25) is 0 Å². The average Bonchev–Trinajstić information content (AvgIpc) is 2.32. The molecule has 0 radical (unpaired) electrons. The van der Waals surface area contributed by atoms with Crippen LogP contribution in [0.2, 0.25) is 0 Å². The molecule has 0 fully saturated rings. The quantitative estimate of drug-likeness (QED) is 0.708. The van der Waals surface area contributed by atoms with Crippen molar-refractivity contribution in [1.29, 1.82) is 0 Å². The molecular weight excluding hydrogens is 182 g/mol. The number of nitrogens with one attached hydrogen (secondary N) is 1. The lowest BCUT2D eigenvalue weighted by Crippen LogP contribution is -1.95. The van der Waals surface area contributed by atoms with Gasteiger partial charge in [-0.05, 0) is 32.1 Å². The second-order valence-electron chi connectivity index (χ2n) is 2.74. The summed E-state index contributed by atoms with van der Waals surface area (Å²) in [6, 6.07) is 10.1. The predicted molar refractivity (Wildman–Crippen MR) is 70.0 cm³/mol. The molecule has 82 valence electrons. The van der Waals surface area contributed by atoms with Crippen molar-refractivity contribution in [2.45, 2.75) is 27.7 Å². The van der Waals surface area contributed by atoms with Crippen LogP contribution in [0.4, 0.5) is 5.69 Å². The maximum absolute atomic E-state index is 3.30. The van der Waals surface area contributed by atoms with Gasteiger partial charge in [-0.25, -0.2) is 0 Å². The molecular formula is C14H21N. The lowest BCUT2D eigenvalue weighted by Gasteiger charge is -2.05. The first-order valence-corrected chi connectivity index (χ1v) is 5.48. The lowest BCUT2D eigenvalue weighted by atomic mass is 10.3. The summed E-state index contributed by atoms with van der Waals surface area (Å²) in [5.74, 6) is 0. The van der Waals surface area contributed by atoms with Crippen LogP contribution in [0.25, 0.3) is 0 Å². The molecule has 1 nitrogen and oxygen atoms in total. The molecule has 1 heteroatoms. The van der Waals surface area contributed by atoms with E-state index in [1.54, 1.807) is 0 Å². The van der Waals surface area contributed by atoms with Gasteiger partial charge >= 0.3 is 0 Å². The van der Waals surface area contributed by atoms with E-state index in [9.17, 15) is 0 Å². The molecule has 0 aliphatic carbocycles. The van der Waals surface area contributed by atoms with Crippen LogP contribution in [0.5, 0.6) is 0 Å². The Balaban J connectivity index is 0.000000921. The van der Waals surface area contributed by atoms with E-state index in [0.717, 1.165) is 11.4 Å². The van der Waals surface area contributed by atoms with Crippen LogP contribution >= 0.6 is 0 Å². The fourth-order valence-electron chi connectivity index (χ4n) is 1.08. The van der Waals surface area contributed by atoms with Crippen LogP contribution in [0, 0.1) is 0 Å². The van der Waals surface area contributed by atoms with Gasteiger partial charge in [0, 0.05) is 11.4 Å². The van der Waals surface area contributed by atoms with Crippen molar-refractivity contribution in [2.24, 2.45) is 0 Å². The maximum Gasteiger partial charge on any atom is 0.0384 e. The van der Waals surface area contributed by atoms with Crippen LogP contribution < -0.4 is 5.32 Å². The molecule has 15 heavy (non-hydrogen) atoms. The molecule has 0 aliphatic heterocycles. The zero-order valence-corrected chi connectivity index (χ0v) is 10.1. The van der Waals surface area contributed by atoms with E-state index in [1.807, 2.05) is 76.3 Å². The third kappa shape index (κ3) is 5.74. The maximum atomic E-state index is 3.30. The fourth-order valence-corrected chi connectivity index (χ4v) is 1.08. The van der Waals surface area contributed by atoms with E-state index in [2.05, 4.69) is 5.32 Å². The Labute approximate surface area is 93.5 Å². The standard InChI is InChI=1S/C12H15N.C2H6/c1-3-8-11(4-2)13-12-9-6-5-7-10-12;1-2/h3-10,13H,1-2H3;1-2H3/b8-3-,11-4+;. The first-order valence-electron chi connectivity index (χ1n) is 5.48. The van der Waals surface area contributed by atoms with Gasteiger partial charge < -0.3 is 5.32 Å². The summed E-state index contributed by atoms with van der Waals surface area (Å²) < 4.78 is 0. The third-order valence-electron chi connectivity index (χ3n) is 1.72. The summed E-state index contributed by atoms with van der Waals surface area (Å²) in [5.41, 5.74) is 2.24. The summed E-state index contributed by atoms with van der Waals surface area (Å²) in [6.45, 7) is 8.03. The van der Waals surface area contributed by atoms with Crippen molar-refractivity contribution in [2.75, 3.05) is 5.32 Å². The SMILES string of the molecule is C/C=C\C(=C/C)Nc1ccccc1.CC. The second kappa shape index (κ2) is 9.07. The molecule has 0 atom stereocenters. The highest BCUT2D eigenvalue weighted by Gasteiger charge is 1.90. The van der Waals surface area contributed by atoms with Crippen LogP contribution in [0.15, 0.2) is 54.3 Å². The van der Waals surface area contributed by atoms with Gasteiger partial charge in [-0.2, -0.15) is 0 Å². The molecule has 0 bridgehead atoms. The van der Waals surface area contributed by atoms with Gasteiger partial charge in [0.05, 0.1) is 0 Å². The smallest absolute Gasteiger partial charge is 0.0384 e. The van der Waals surface area contributed by atoms with Crippen molar-refractivity contribution in [3.63, 3.8) is 0 Å². The van der Waals surface area contributed by atoms with Crippen LogP contribution in [0.1, 0.15) is 27.7 Å². The van der Waals surface area contributed by atoms with Crippen molar-refractivity contribution in [3.05, 3.63) is 54.3 Å². The Morgan fingerprint density at radius 1 is 1.07 bits per heavy atom. The van der Waals surface area contributed by atoms with Gasteiger partial charge in [0.15, 0.2) is 0 Å². The van der Waals surface area contributed by atoms with Gasteiger partial charge in [0.25, 0.3) is 0 Å². The summed E-state index contributed by atoms with van der Waals surface area (Å²) in [5, 5.41) is 3.30. The van der Waals surface area contributed by atoms with Crippen LogP contribution in [0.3, 0.4) is 0 Å². The largest absolute Gasteiger partial charge is 0.356 e. The fraction of sp³-hybridized carbons (Fsp3) is 0.286. The molecule has 1 N–H and O–H groups in total. The van der Waals surface area contributed by atoms with E-state index >= 15 is 0 Å². The van der Waals surface area contributed by atoms with E-state index < -0.39 is 0 Å². The topological polar surface area (TPSA) is 12.0 Å². The highest BCUT2D eigenvalue weighted by molar-refractivity contribution is 5.50. The minimum Gasteiger partial charge on any atom is -0.356 e. The monoisotopic (exact) mass is 203 g/mol. The van der Waals surface area contributed by atoms with Gasteiger partial charge in [-0.15, -0.1) is 0 Å². The highest BCUT2D eigenvalue weighted by atomic mass is 14.9. The zero-order chi connectivity index (χ0) is 11.5. The Hall–Kier alpha value is -1.50. The van der Waals surface area contributed by atoms with Gasteiger partial charge in [0.1, 0.15) is 0 Å². The Morgan fingerprint density at radius 3 is 2.13 bits per heavy atom. The van der Waals surface area contributed by atoms with Crippen molar-refractivity contribution < 1.29 is 0 Å². The lowest BCUT2D eigenvalue weighted by molar-refractivity contribution is 1.43. The minimum atomic E-state index is 1.12. The normalized spacial score (nSPS) is 10.8. The first-order chi connectivity index (χ1) is 7.36. The number of anilines is 1. The van der Waals surface area contributed by atoms with Gasteiger partial charge in [-0.3, -0.25) is 0 Å².